The quantitative estimate of drug-likeness (QED) is 0.0470. The molecule has 11 nitrogen and oxygen atoms in total. The third kappa shape index (κ3) is 13.0. The number of carbonyl (C=O) groups is 2. The molecule has 9 aliphatic rings. The number of aryl methyl sites for hydroxylation is 1. The number of allylic oxidation sites excluding steroid dienone is 2. The zero-order chi connectivity index (χ0) is 62.7. The molecule has 10 N–H and O–H groups in total. The van der Waals surface area contributed by atoms with E-state index in [0.717, 1.165) is 84.2 Å². The van der Waals surface area contributed by atoms with Crippen molar-refractivity contribution in [2.24, 2.45) is 69.6 Å². The maximum Gasteiger partial charge on any atom is 0.165 e. The standard InChI is InChI=1S/C76H91N3O8S4/c77-72(78)60-32-50-7-5-9-67-57(20-26-79-67)70(84)34-62-58(50)33-53(60)41-88-89-42-54-38-74(25-19-55(81)15-11-46-13-17-69(83)71(30-46)87-27-21-47-12-16-68(82)63(62)28-47)24-18-51-37-75(85)35-48(10-14-52-36-73(39-66(52)75)22-3-4-23-73)29-61-59(51)31-49-6-1-2-8-56(49)64(40-80)65(61)43-90-91-45-76(54,86)44-74/h1-2,6,8,12-13,16-17,19-20,25-26,28,30,32-33,48,51-52,54,59,61-62,64-66,72,79-80,82-83,85-86H,3-4,9-11,14-15,18,21-24,27,29,31,34-45,77-78H2/b25-19+/t48-,51+,52+,54+,59-,61-,62-,64-,65+,66-,74+,75-,76+/m1/s1. The highest BCUT2D eigenvalue weighted by Gasteiger charge is 2.59. The number of rotatable bonds is 2. The molecule has 6 fully saturated rings. The normalized spacial score (nSPS) is 33.8. The number of Topliss-reactive ketones (excluding diaryl/α,β-unsaturated/α-hetero) is 1. The summed E-state index contributed by atoms with van der Waals surface area (Å²) >= 11 is 0. The molecule has 7 aliphatic carbocycles. The largest absolute Gasteiger partial charge is 0.508 e. The molecule has 13 atom stereocenters. The number of phenolic OH excluding ortho intramolecular Hbond substituents is 2. The minimum atomic E-state index is -1.07. The first-order valence-corrected chi connectivity index (χ1v) is 39.0. The Morgan fingerprint density at radius 2 is 1.55 bits per heavy atom. The van der Waals surface area contributed by atoms with Crippen molar-refractivity contribution >= 4 is 54.7 Å². The van der Waals surface area contributed by atoms with Gasteiger partial charge in [-0.2, -0.15) is 0 Å². The van der Waals surface area contributed by atoms with Gasteiger partial charge in [0.2, 0.25) is 0 Å². The number of hydrogen-bond donors (Lipinski definition) is 8. The molecule has 91 heavy (non-hydrogen) atoms. The van der Waals surface area contributed by atoms with E-state index in [1.54, 1.807) is 50.7 Å². The van der Waals surface area contributed by atoms with Crippen molar-refractivity contribution in [3.63, 3.8) is 0 Å². The van der Waals surface area contributed by atoms with Gasteiger partial charge >= 0.3 is 0 Å². The molecule has 2 spiro atoms. The van der Waals surface area contributed by atoms with E-state index in [0.29, 0.717) is 107 Å². The van der Waals surface area contributed by atoms with Crippen molar-refractivity contribution in [2.75, 3.05) is 30.5 Å². The molecule has 0 unspecified atom stereocenters. The summed E-state index contributed by atoms with van der Waals surface area (Å²) in [5.74, 6) is 11.3. The molecular weight excluding hydrogens is 1210 g/mol. The Bertz CT molecular complexity index is 3630. The summed E-state index contributed by atoms with van der Waals surface area (Å²) in [6, 6.07) is 25.6. The van der Waals surface area contributed by atoms with Gasteiger partial charge in [0.1, 0.15) is 5.75 Å². The summed E-state index contributed by atoms with van der Waals surface area (Å²) in [6.45, 7) is 0.308. The van der Waals surface area contributed by atoms with Crippen molar-refractivity contribution in [1.29, 1.82) is 0 Å². The lowest BCUT2D eigenvalue weighted by atomic mass is 9.59. The number of aliphatic hydroxyl groups is 3. The van der Waals surface area contributed by atoms with E-state index in [2.05, 4.69) is 53.2 Å². The van der Waals surface area contributed by atoms with E-state index in [1.807, 2.05) is 53.3 Å². The molecule has 14 rings (SSSR count). The van der Waals surface area contributed by atoms with Crippen LogP contribution in [-0.4, -0.2) is 83.8 Å². The smallest absolute Gasteiger partial charge is 0.165 e. The Hall–Kier alpha value is -4.60. The van der Waals surface area contributed by atoms with Gasteiger partial charge in [-0.05, 0) is 223 Å². The Labute approximate surface area is 553 Å². The number of hydrogen-bond acceptors (Lipinski definition) is 14. The molecule has 2 aliphatic heterocycles. The van der Waals surface area contributed by atoms with Crippen molar-refractivity contribution in [3.8, 4) is 29.1 Å². The van der Waals surface area contributed by atoms with Crippen LogP contribution in [0.15, 0.2) is 97.2 Å². The van der Waals surface area contributed by atoms with E-state index in [-0.39, 0.29) is 72.8 Å². The Kier molecular flexibility index (Phi) is 18.6. The molecular formula is C76H91N3O8S4. The zero-order valence-electron chi connectivity index (χ0n) is 52.4. The van der Waals surface area contributed by atoms with Crippen LogP contribution >= 0.6 is 43.2 Å². The number of aromatic amines is 1. The maximum atomic E-state index is 14.5. The molecule has 1 saturated heterocycles. The molecule has 15 bridgehead atoms. The number of ketones is 2. The fourth-order valence-corrected chi connectivity index (χ4v) is 25.3. The molecule has 4 aromatic carbocycles. The highest BCUT2D eigenvalue weighted by molar-refractivity contribution is 8.77. The third-order valence-corrected chi connectivity index (χ3v) is 29.2. The van der Waals surface area contributed by atoms with Gasteiger partial charge in [-0.15, -0.1) is 0 Å². The lowest BCUT2D eigenvalue weighted by Crippen LogP contribution is -2.47. The highest BCUT2D eigenvalue weighted by Crippen LogP contribution is 2.65. The Morgan fingerprint density at radius 1 is 0.725 bits per heavy atom. The van der Waals surface area contributed by atoms with E-state index < -0.39 is 28.7 Å². The van der Waals surface area contributed by atoms with Crippen LogP contribution in [0.25, 0.3) is 0 Å². The second-order valence-corrected chi connectivity index (χ2v) is 34.6. The number of carbonyl (C=O) groups excluding carboxylic acids is 2. The van der Waals surface area contributed by atoms with E-state index in [4.69, 9.17) is 16.2 Å². The number of H-pyrrole nitrogens is 1. The lowest BCUT2D eigenvalue weighted by Gasteiger charge is -2.48. The maximum absolute atomic E-state index is 14.5. The molecule has 3 heterocycles. The van der Waals surface area contributed by atoms with Gasteiger partial charge in [0, 0.05) is 82.7 Å². The number of benzene rings is 4. The van der Waals surface area contributed by atoms with Gasteiger partial charge in [-0.1, -0.05) is 129 Å². The topological polar surface area (TPSA) is 212 Å². The number of aromatic nitrogens is 1. The number of ether oxygens (including phenoxy) is 1. The second-order valence-electron chi connectivity index (χ2n) is 29.6. The van der Waals surface area contributed by atoms with E-state index in [9.17, 15) is 35.1 Å². The van der Waals surface area contributed by atoms with Crippen LogP contribution < -0.4 is 16.2 Å². The van der Waals surface area contributed by atoms with Crippen LogP contribution in [0.3, 0.4) is 0 Å². The van der Waals surface area contributed by atoms with Crippen LogP contribution in [0.4, 0.5) is 0 Å². The third-order valence-electron chi connectivity index (χ3n) is 24.2. The van der Waals surface area contributed by atoms with Crippen molar-refractivity contribution in [3.05, 3.63) is 159 Å². The minimum Gasteiger partial charge on any atom is -0.508 e. The lowest BCUT2D eigenvalue weighted by molar-refractivity contribution is -0.114. The Morgan fingerprint density at radius 3 is 2.40 bits per heavy atom. The van der Waals surface area contributed by atoms with Crippen molar-refractivity contribution in [2.45, 2.75) is 170 Å². The molecule has 0 amide bonds. The first kappa shape index (κ1) is 63.8. The number of aromatic hydroxyl groups is 2. The number of aliphatic hydroxyl groups excluding tert-OH is 1. The van der Waals surface area contributed by atoms with Crippen LogP contribution in [0.1, 0.15) is 193 Å². The summed E-state index contributed by atoms with van der Waals surface area (Å²) < 4.78 is 6.31. The number of nitrogens with two attached hydrogens (primary N) is 2. The van der Waals surface area contributed by atoms with Gasteiger partial charge in [-0.3, -0.25) is 9.59 Å². The van der Waals surface area contributed by atoms with Crippen LogP contribution in [0.2, 0.25) is 0 Å². The number of nitrogens with one attached hydrogen (secondary N) is 1. The fraction of sp³-hybridized carbons (Fsp3) is 0.553. The van der Waals surface area contributed by atoms with Crippen molar-refractivity contribution < 1.29 is 39.9 Å². The average molecular weight is 1300 g/mol. The first-order valence-electron chi connectivity index (χ1n) is 34.0. The predicted molar refractivity (Wildman–Crippen MR) is 368 cm³/mol. The Balaban J connectivity index is 0.837. The molecule has 15 heteroatoms. The molecule has 5 saturated carbocycles. The van der Waals surface area contributed by atoms with Crippen LogP contribution in [0, 0.1) is 70.0 Å². The monoisotopic (exact) mass is 1300 g/mol. The van der Waals surface area contributed by atoms with Gasteiger partial charge in [-0.25, -0.2) is 0 Å². The zero-order valence-corrected chi connectivity index (χ0v) is 55.7. The first-order chi connectivity index (χ1) is 44.1. The summed E-state index contributed by atoms with van der Waals surface area (Å²) in [4.78, 5) is 32.3. The molecule has 0 radical (unpaired) electrons. The van der Waals surface area contributed by atoms with Crippen molar-refractivity contribution in [1.82, 2.24) is 4.98 Å². The van der Waals surface area contributed by atoms with Gasteiger partial charge in [0.25, 0.3) is 0 Å². The highest BCUT2D eigenvalue weighted by atomic mass is 33.1. The molecule has 1 aromatic heterocycles. The summed E-state index contributed by atoms with van der Waals surface area (Å²) in [7, 11) is 7.12. The second kappa shape index (κ2) is 26.5. The fourth-order valence-electron chi connectivity index (χ4n) is 19.8. The average Bonchev–Trinajstić information content (AvgIpc) is 1.52. The van der Waals surface area contributed by atoms with Crippen LogP contribution in [0.5, 0.6) is 17.2 Å². The van der Waals surface area contributed by atoms with E-state index >= 15 is 0 Å². The summed E-state index contributed by atoms with van der Waals surface area (Å²) in [5, 5.41) is 62.2. The summed E-state index contributed by atoms with van der Waals surface area (Å²) in [6.07, 6.45) is 23.1. The number of fused-ring (bicyclic) bond motifs is 15. The van der Waals surface area contributed by atoms with Crippen LogP contribution in [-0.2, 0) is 36.2 Å². The van der Waals surface area contributed by atoms with Gasteiger partial charge in [0.15, 0.2) is 23.1 Å². The van der Waals surface area contributed by atoms with Gasteiger partial charge < -0.3 is 46.7 Å². The summed E-state index contributed by atoms with van der Waals surface area (Å²) in [5.41, 5.74) is 20.8. The SMILES string of the molecule is NC(N)c1cc2c3cc1CSSC[C@@H]1C[C@@]4(/C=C/C(=O)CCc5ccc(O)c(c5)OCCc5ccc(O)c(c5)[C@@H]3CC(=O)c3cc[nH]c3CC#C2)CC[C@H]2C[C@]3(O)C[C@H](CC[C@H]5CC6(CCCC6)C[C@H]53)C[C@@H]3[C@@H]2Cc2ccccc2[C@@H](CO)[C@H]3CSSC[C@@]1(O)C4. The number of phenols is 2. The minimum absolute atomic E-state index is 0.000558. The molecule has 482 valence electrons. The van der Waals surface area contributed by atoms with E-state index in [1.165, 1.54) is 56.1 Å². The molecule has 5 aromatic rings. The predicted octanol–water partition coefficient (Wildman–Crippen LogP) is 14.2. The van der Waals surface area contributed by atoms with Gasteiger partial charge in [0.05, 0.1) is 37.0 Å².